The molecule has 0 saturated heterocycles. The Bertz CT molecular complexity index is 1090. The van der Waals surface area contributed by atoms with E-state index in [1.165, 1.54) is 30.5 Å². The third kappa shape index (κ3) is 3.50. The number of aromatic nitrogens is 4. The van der Waals surface area contributed by atoms with E-state index in [4.69, 9.17) is 26.3 Å². The molecule has 162 valence electrons. The summed E-state index contributed by atoms with van der Waals surface area (Å²) < 4.78 is 7.65. The van der Waals surface area contributed by atoms with Gasteiger partial charge in [0.1, 0.15) is 11.6 Å². The van der Waals surface area contributed by atoms with E-state index in [0.717, 1.165) is 66.9 Å². The van der Waals surface area contributed by atoms with Crippen molar-refractivity contribution in [1.82, 2.24) is 24.8 Å². The highest BCUT2D eigenvalue weighted by atomic mass is 35.5. The van der Waals surface area contributed by atoms with Crippen LogP contribution in [-0.4, -0.2) is 30.9 Å². The third-order valence-electron chi connectivity index (χ3n) is 7.50. The molecule has 2 aromatic heterocycles. The minimum atomic E-state index is 0.421. The summed E-state index contributed by atoms with van der Waals surface area (Å²) in [7, 11) is 0. The molecule has 0 unspecified atom stereocenters. The number of fused-ring (bicyclic) bond motifs is 3. The second-order valence-electron chi connectivity index (χ2n) is 9.48. The maximum Gasteiger partial charge on any atom is 0.151 e. The van der Waals surface area contributed by atoms with Crippen LogP contribution in [0.1, 0.15) is 85.4 Å². The van der Waals surface area contributed by atoms with Gasteiger partial charge in [0.25, 0.3) is 0 Å². The maximum absolute atomic E-state index is 6.40. The van der Waals surface area contributed by atoms with Gasteiger partial charge in [0.05, 0.1) is 17.9 Å². The van der Waals surface area contributed by atoms with Crippen LogP contribution in [0.25, 0.3) is 5.69 Å². The fourth-order valence-corrected chi connectivity index (χ4v) is 5.75. The Morgan fingerprint density at radius 2 is 1.77 bits per heavy atom. The van der Waals surface area contributed by atoms with Crippen LogP contribution in [0.3, 0.4) is 0 Å². The first kappa shape index (κ1) is 19.5. The number of aryl methyl sites for hydroxylation is 1. The van der Waals surface area contributed by atoms with Crippen molar-refractivity contribution in [2.24, 2.45) is 0 Å². The van der Waals surface area contributed by atoms with Crippen molar-refractivity contribution in [2.45, 2.75) is 82.8 Å². The zero-order valence-corrected chi connectivity index (χ0v) is 18.7. The molecule has 0 spiro atoms. The molecule has 1 aromatic carbocycles. The van der Waals surface area contributed by atoms with Crippen LogP contribution in [0.4, 0.5) is 0 Å². The van der Waals surface area contributed by atoms with Crippen molar-refractivity contribution in [3.8, 4) is 5.69 Å². The normalized spacial score (nSPS) is 24.3. The number of nitrogens with zero attached hydrogens (tertiary/aromatic N) is 5. The summed E-state index contributed by atoms with van der Waals surface area (Å²) in [5, 5.41) is 14.5. The Hall–Kier alpha value is -2.18. The highest BCUT2D eigenvalue weighted by molar-refractivity contribution is 6.30. The first-order valence-corrected chi connectivity index (χ1v) is 11.9. The first-order valence-electron chi connectivity index (χ1n) is 11.6. The zero-order valence-electron chi connectivity index (χ0n) is 17.9. The third-order valence-corrected chi connectivity index (χ3v) is 7.74. The Balaban J connectivity index is 1.31. The summed E-state index contributed by atoms with van der Waals surface area (Å²) in [6.07, 6.45) is 8.32. The van der Waals surface area contributed by atoms with Crippen LogP contribution in [-0.2, 0) is 13.1 Å². The molecule has 0 bridgehead atoms. The second kappa shape index (κ2) is 7.75. The first-order chi connectivity index (χ1) is 15.2. The molecule has 6 nitrogen and oxygen atoms in total. The van der Waals surface area contributed by atoms with Gasteiger partial charge in [-0.05, 0) is 69.2 Å². The average molecular weight is 438 g/mol. The molecular weight excluding hydrogens is 410 g/mol. The minimum absolute atomic E-state index is 0.421. The van der Waals surface area contributed by atoms with E-state index >= 15 is 0 Å². The standard InChI is InChI=1S/C24H28ClN5O/c1-15-11-21(28-31-15)16-5-7-17(8-6-16)24-27-26-23-14-29(20-3-2-4-20)13-18-12-19(25)9-10-22(18)30(23)24/h9-12,16-17,20H,2-8,13-14H2,1H3. The summed E-state index contributed by atoms with van der Waals surface area (Å²) in [4.78, 5) is 2.57. The van der Waals surface area contributed by atoms with Gasteiger partial charge in [0.2, 0.25) is 0 Å². The number of hydrogen-bond acceptors (Lipinski definition) is 5. The molecule has 3 heterocycles. The quantitative estimate of drug-likeness (QED) is 0.539. The lowest BCUT2D eigenvalue weighted by atomic mass is 9.80. The van der Waals surface area contributed by atoms with E-state index in [1.54, 1.807) is 0 Å². The van der Waals surface area contributed by atoms with Gasteiger partial charge < -0.3 is 4.52 Å². The molecule has 0 amide bonds. The average Bonchev–Trinajstić information content (AvgIpc) is 3.30. The van der Waals surface area contributed by atoms with Crippen molar-refractivity contribution in [3.63, 3.8) is 0 Å². The topological polar surface area (TPSA) is 60.0 Å². The Morgan fingerprint density at radius 3 is 2.48 bits per heavy atom. The van der Waals surface area contributed by atoms with Gasteiger partial charge in [-0.3, -0.25) is 9.47 Å². The lowest BCUT2D eigenvalue weighted by Crippen LogP contribution is -2.38. The number of benzene rings is 1. The Labute approximate surface area is 187 Å². The monoisotopic (exact) mass is 437 g/mol. The number of halogens is 1. The molecule has 6 rings (SSSR count). The molecule has 7 heteroatoms. The van der Waals surface area contributed by atoms with Gasteiger partial charge in [0.15, 0.2) is 5.82 Å². The van der Waals surface area contributed by atoms with Crippen molar-refractivity contribution in [1.29, 1.82) is 0 Å². The largest absolute Gasteiger partial charge is 0.361 e. The van der Waals surface area contributed by atoms with Crippen molar-refractivity contribution in [3.05, 3.63) is 58.0 Å². The van der Waals surface area contributed by atoms with Crippen LogP contribution in [0.15, 0.2) is 28.8 Å². The summed E-state index contributed by atoms with van der Waals surface area (Å²) in [6.45, 7) is 3.75. The predicted molar refractivity (Wildman–Crippen MR) is 118 cm³/mol. The summed E-state index contributed by atoms with van der Waals surface area (Å²) in [5.41, 5.74) is 3.59. The molecule has 0 N–H and O–H groups in total. The van der Waals surface area contributed by atoms with E-state index in [-0.39, 0.29) is 0 Å². The molecule has 1 aliphatic heterocycles. The molecule has 3 aromatic rings. The smallest absolute Gasteiger partial charge is 0.151 e. The van der Waals surface area contributed by atoms with Crippen LogP contribution in [0.2, 0.25) is 5.02 Å². The van der Waals surface area contributed by atoms with Crippen molar-refractivity contribution < 1.29 is 4.52 Å². The van der Waals surface area contributed by atoms with Gasteiger partial charge in [-0.2, -0.15) is 0 Å². The molecular formula is C24H28ClN5O. The highest BCUT2D eigenvalue weighted by Crippen LogP contribution is 2.41. The number of rotatable bonds is 3. The predicted octanol–water partition coefficient (Wildman–Crippen LogP) is 5.53. The summed E-state index contributed by atoms with van der Waals surface area (Å²) in [6, 6.07) is 9.02. The van der Waals surface area contributed by atoms with Crippen molar-refractivity contribution in [2.75, 3.05) is 0 Å². The van der Waals surface area contributed by atoms with Gasteiger partial charge >= 0.3 is 0 Å². The van der Waals surface area contributed by atoms with Gasteiger partial charge in [-0.15, -0.1) is 10.2 Å². The van der Waals surface area contributed by atoms with Crippen molar-refractivity contribution >= 4 is 11.6 Å². The maximum atomic E-state index is 6.40. The van der Waals surface area contributed by atoms with E-state index in [0.29, 0.717) is 17.9 Å². The van der Waals surface area contributed by atoms with Crippen LogP contribution in [0, 0.1) is 6.92 Å². The minimum Gasteiger partial charge on any atom is -0.361 e. The molecule has 2 saturated carbocycles. The lowest BCUT2D eigenvalue weighted by molar-refractivity contribution is 0.110. The molecule has 2 fully saturated rings. The van der Waals surface area contributed by atoms with Gasteiger partial charge in [0, 0.05) is 35.5 Å². The van der Waals surface area contributed by atoms with Crippen LogP contribution >= 0.6 is 11.6 Å². The van der Waals surface area contributed by atoms with Gasteiger partial charge in [-0.1, -0.05) is 23.2 Å². The zero-order chi connectivity index (χ0) is 20.9. The Morgan fingerprint density at radius 1 is 0.968 bits per heavy atom. The van der Waals surface area contributed by atoms with Crippen LogP contribution in [0.5, 0.6) is 0 Å². The van der Waals surface area contributed by atoms with E-state index in [9.17, 15) is 0 Å². The molecule has 0 radical (unpaired) electrons. The molecule has 3 aliphatic rings. The fraction of sp³-hybridized carbons (Fsp3) is 0.542. The fourth-order valence-electron chi connectivity index (χ4n) is 5.55. The highest BCUT2D eigenvalue weighted by Gasteiger charge is 2.34. The van der Waals surface area contributed by atoms with E-state index < -0.39 is 0 Å². The molecule has 0 atom stereocenters. The van der Waals surface area contributed by atoms with Gasteiger partial charge in [-0.25, -0.2) is 0 Å². The lowest BCUT2D eigenvalue weighted by Gasteiger charge is -2.36. The second-order valence-corrected chi connectivity index (χ2v) is 9.92. The molecule has 2 aliphatic carbocycles. The van der Waals surface area contributed by atoms with Crippen LogP contribution < -0.4 is 0 Å². The summed E-state index contributed by atoms with van der Waals surface area (Å²) >= 11 is 6.40. The summed E-state index contributed by atoms with van der Waals surface area (Å²) in [5.74, 6) is 3.98. The van der Waals surface area contributed by atoms with E-state index in [1.807, 2.05) is 13.0 Å². The molecule has 31 heavy (non-hydrogen) atoms. The Kier molecular flexibility index (Phi) is 4.87. The SMILES string of the molecule is Cc1cc(C2CCC(c3nnc4n3-c3ccc(Cl)cc3CN(C3CCC3)C4)CC2)no1. The number of hydrogen-bond donors (Lipinski definition) is 0. The van der Waals surface area contributed by atoms with E-state index in [2.05, 4.69) is 32.8 Å².